The number of alkyl halides is 1. The first-order valence-corrected chi connectivity index (χ1v) is 9.80. The SMILES string of the molecule is Cc1nnn(-c2ccc(-c3cnc(O[C@@H]4C[C@H]5CC[C@](C)(N5)[C@H]4F)nn3)c(O)c2)n1. The molecule has 0 spiro atoms. The number of aromatic nitrogens is 7. The molecule has 2 aromatic heterocycles. The van der Waals surface area contributed by atoms with Crippen molar-refractivity contribution in [3.63, 3.8) is 0 Å². The molecule has 156 valence electrons. The van der Waals surface area contributed by atoms with Crippen LogP contribution in [-0.2, 0) is 0 Å². The third-order valence-electron chi connectivity index (χ3n) is 5.80. The molecule has 2 aliphatic rings. The Morgan fingerprint density at radius 1 is 1.30 bits per heavy atom. The summed E-state index contributed by atoms with van der Waals surface area (Å²) in [5, 5.41) is 33.6. The van der Waals surface area contributed by atoms with Gasteiger partial charge in [-0.2, -0.15) is 0 Å². The van der Waals surface area contributed by atoms with Crippen LogP contribution >= 0.6 is 0 Å². The predicted molar refractivity (Wildman–Crippen MR) is 103 cm³/mol. The number of benzene rings is 1. The standard InChI is InChI=1S/C19H21FN8O2/c1-10-23-27-28(26-10)12-3-4-13(15(29)8-12)14-9-21-18(25-24-14)30-16-7-11-5-6-19(2,22-11)17(16)20/h3-4,8-9,11,16-17,22,29H,5-7H2,1-2H3/t11-,16-,17+,19+/m1/s1. The second-order valence-electron chi connectivity index (χ2n) is 8.04. The highest BCUT2D eigenvalue weighted by Crippen LogP contribution is 2.38. The number of tetrazole rings is 1. The number of aromatic hydroxyl groups is 1. The number of nitrogens with zero attached hydrogens (tertiary/aromatic N) is 7. The Kier molecular flexibility index (Phi) is 4.35. The van der Waals surface area contributed by atoms with Gasteiger partial charge in [0.2, 0.25) is 0 Å². The molecule has 0 radical (unpaired) electrons. The first-order valence-electron chi connectivity index (χ1n) is 9.80. The molecular weight excluding hydrogens is 391 g/mol. The third-order valence-corrected chi connectivity index (χ3v) is 5.80. The third kappa shape index (κ3) is 3.24. The maximum atomic E-state index is 14.9. The van der Waals surface area contributed by atoms with E-state index < -0.39 is 17.8 Å². The summed E-state index contributed by atoms with van der Waals surface area (Å²) in [6.45, 7) is 3.61. The molecule has 5 rings (SSSR count). The molecule has 0 unspecified atom stereocenters. The zero-order chi connectivity index (χ0) is 20.9. The maximum absolute atomic E-state index is 14.9. The number of nitrogens with one attached hydrogen (secondary N) is 1. The van der Waals surface area contributed by atoms with Gasteiger partial charge < -0.3 is 15.2 Å². The van der Waals surface area contributed by atoms with Gasteiger partial charge in [0.1, 0.15) is 17.5 Å². The maximum Gasteiger partial charge on any atom is 0.336 e. The lowest BCUT2D eigenvalue weighted by Gasteiger charge is -2.39. The highest BCUT2D eigenvalue weighted by molar-refractivity contribution is 5.67. The van der Waals surface area contributed by atoms with Crippen molar-refractivity contribution < 1.29 is 14.2 Å². The van der Waals surface area contributed by atoms with Crippen molar-refractivity contribution in [1.82, 2.24) is 40.7 Å². The van der Waals surface area contributed by atoms with E-state index in [4.69, 9.17) is 4.74 Å². The van der Waals surface area contributed by atoms with Crippen molar-refractivity contribution in [2.45, 2.75) is 57.0 Å². The lowest BCUT2D eigenvalue weighted by molar-refractivity contribution is 0.00542. The molecule has 1 aromatic carbocycles. The van der Waals surface area contributed by atoms with Crippen LogP contribution in [0.5, 0.6) is 11.8 Å². The van der Waals surface area contributed by atoms with Crippen LogP contribution in [0.25, 0.3) is 16.9 Å². The summed E-state index contributed by atoms with van der Waals surface area (Å²) in [6.07, 6.45) is 1.98. The molecule has 2 aliphatic heterocycles. The number of aryl methyl sites for hydroxylation is 1. The van der Waals surface area contributed by atoms with Gasteiger partial charge in [-0.15, -0.1) is 20.1 Å². The molecule has 10 nitrogen and oxygen atoms in total. The topological polar surface area (TPSA) is 124 Å². The van der Waals surface area contributed by atoms with E-state index in [0.29, 0.717) is 29.2 Å². The fourth-order valence-electron chi connectivity index (χ4n) is 4.23. The summed E-state index contributed by atoms with van der Waals surface area (Å²) < 4.78 is 20.6. The Balaban J connectivity index is 1.33. The number of phenols is 1. The van der Waals surface area contributed by atoms with Gasteiger partial charge in [-0.25, -0.2) is 9.37 Å². The second kappa shape index (κ2) is 6.94. The molecule has 2 bridgehead atoms. The molecule has 2 fully saturated rings. The van der Waals surface area contributed by atoms with Crippen LogP contribution in [0.15, 0.2) is 24.4 Å². The minimum Gasteiger partial charge on any atom is -0.507 e. The smallest absolute Gasteiger partial charge is 0.336 e. The first kappa shape index (κ1) is 18.8. The van der Waals surface area contributed by atoms with Gasteiger partial charge in [-0.05, 0) is 44.0 Å². The summed E-state index contributed by atoms with van der Waals surface area (Å²) in [7, 11) is 0. The number of rotatable bonds is 4. The average Bonchev–Trinajstić information content (AvgIpc) is 3.31. The zero-order valence-electron chi connectivity index (χ0n) is 16.5. The number of halogens is 1. The van der Waals surface area contributed by atoms with Crippen molar-refractivity contribution >= 4 is 0 Å². The molecule has 30 heavy (non-hydrogen) atoms. The Bertz CT molecular complexity index is 1070. The molecule has 3 aromatic rings. The summed E-state index contributed by atoms with van der Waals surface area (Å²) in [5.74, 6) is 0.495. The lowest BCUT2D eigenvalue weighted by atomic mass is 9.88. The van der Waals surface area contributed by atoms with Gasteiger partial charge >= 0.3 is 6.01 Å². The molecule has 4 atom stereocenters. The van der Waals surface area contributed by atoms with E-state index in [1.54, 1.807) is 19.1 Å². The molecule has 2 saturated heterocycles. The van der Waals surface area contributed by atoms with E-state index in [2.05, 4.69) is 35.9 Å². The van der Waals surface area contributed by atoms with Crippen LogP contribution in [-0.4, -0.2) is 64.4 Å². The molecule has 0 saturated carbocycles. The number of ether oxygens (including phenoxy) is 1. The number of hydrogen-bond donors (Lipinski definition) is 2. The normalized spacial score (nSPS) is 27.9. The minimum atomic E-state index is -1.15. The fraction of sp³-hybridized carbons (Fsp3) is 0.474. The summed E-state index contributed by atoms with van der Waals surface area (Å²) in [4.78, 5) is 5.49. The largest absolute Gasteiger partial charge is 0.507 e. The quantitative estimate of drug-likeness (QED) is 0.656. The van der Waals surface area contributed by atoms with E-state index in [1.807, 2.05) is 6.92 Å². The predicted octanol–water partition coefficient (Wildman–Crippen LogP) is 1.53. The fourth-order valence-corrected chi connectivity index (χ4v) is 4.23. The molecule has 11 heteroatoms. The summed E-state index contributed by atoms with van der Waals surface area (Å²) in [6, 6.07) is 5.16. The lowest BCUT2D eigenvalue weighted by Crippen LogP contribution is -2.59. The van der Waals surface area contributed by atoms with Gasteiger partial charge in [0.05, 0.1) is 17.4 Å². The highest BCUT2D eigenvalue weighted by Gasteiger charge is 2.51. The number of fused-ring (bicyclic) bond motifs is 2. The van der Waals surface area contributed by atoms with Gasteiger partial charge in [-0.1, -0.05) is 5.10 Å². The van der Waals surface area contributed by atoms with Crippen LogP contribution in [0.3, 0.4) is 0 Å². The van der Waals surface area contributed by atoms with Crippen LogP contribution in [0.1, 0.15) is 32.0 Å². The molecule has 0 amide bonds. The van der Waals surface area contributed by atoms with Crippen molar-refractivity contribution in [1.29, 1.82) is 0 Å². The van der Waals surface area contributed by atoms with E-state index in [9.17, 15) is 9.50 Å². The number of phenolic OH excluding ortho intramolecular Hbond substituents is 1. The van der Waals surface area contributed by atoms with Crippen LogP contribution in [0.4, 0.5) is 4.39 Å². The van der Waals surface area contributed by atoms with Crippen molar-refractivity contribution in [3.05, 3.63) is 30.2 Å². The Labute approximate surface area is 171 Å². The van der Waals surface area contributed by atoms with E-state index in [0.717, 1.165) is 12.8 Å². The Hall–Kier alpha value is -3.21. The van der Waals surface area contributed by atoms with Gasteiger partial charge in [-0.3, -0.25) is 0 Å². The molecule has 0 aliphatic carbocycles. The van der Waals surface area contributed by atoms with Crippen LogP contribution in [0, 0.1) is 6.92 Å². The zero-order valence-corrected chi connectivity index (χ0v) is 16.5. The molecule has 2 N–H and O–H groups in total. The minimum absolute atomic E-state index is 0.0229. The van der Waals surface area contributed by atoms with E-state index >= 15 is 0 Å². The monoisotopic (exact) mass is 412 g/mol. The van der Waals surface area contributed by atoms with Crippen molar-refractivity contribution in [2.24, 2.45) is 0 Å². The Morgan fingerprint density at radius 3 is 2.87 bits per heavy atom. The van der Waals surface area contributed by atoms with Crippen LogP contribution in [0.2, 0.25) is 0 Å². The van der Waals surface area contributed by atoms with Crippen molar-refractivity contribution in [3.8, 4) is 28.7 Å². The Morgan fingerprint density at radius 2 is 2.17 bits per heavy atom. The average molecular weight is 412 g/mol. The second-order valence-corrected chi connectivity index (χ2v) is 8.04. The van der Waals surface area contributed by atoms with Gasteiger partial charge in [0, 0.05) is 24.1 Å². The van der Waals surface area contributed by atoms with Crippen LogP contribution < -0.4 is 10.1 Å². The van der Waals surface area contributed by atoms with Gasteiger partial charge in [0.15, 0.2) is 12.0 Å². The van der Waals surface area contributed by atoms with E-state index in [1.165, 1.54) is 17.1 Å². The number of piperidine rings is 1. The molecule has 4 heterocycles. The summed E-state index contributed by atoms with van der Waals surface area (Å²) >= 11 is 0. The van der Waals surface area contributed by atoms with E-state index in [-0.39, 0.29) is 17.8 Å². The van der Waals surface area contributed by atoms with Gasteiger partial charge in [0.25, 0.3) is 0 Å². The first-order chi connectivity index (χ1) is 14.4. The summed E-state index contributed by atoms with van der Waals surface area (Å²) in [5.41, 5.74) is 0.799. The highest BCUT2D eigenvalue weighted by atomic mass is 19.1. The van der Waals surface area contributed by atoms with Crippen molar-refractivity contribution in [2.75, 3.05) is 0 Å². The molecular formula is C19H21FN8O2. The number of hydrogen-bond acceptors (Lipinski definition) is 9.